The van der Waals surface area contributed by atoms with Crippen LogP contribution in [0.3, 0.4) is 0 Å². The molecular weight excluding hydrogens is 441 g/mol. The zero-order chi connectivity index (χ0) is 23.8. The first kappa shape index (κ1) is 22.8. The van der Waals surface area contributed by atoms with Crippen molar-refractivity contribution in [3.8, 4) is 17.3 Å². The number of amides is 1. The number of rotatable bonds is 5. The van der Waals surface area contributed by atoms with Crippen molar-refractivity contribution < 1.29 is 27.4 Å². The SMILES string of the molecule is Cc1ncn(C)c1-c1nnc([C@@H]2C[C@H](N(C)C(=O)c3cccc(OC(F)(F)F)c3)CCO2)[nH]1. The molecule has 1 aliphatic rings. The fourth-order valence-corrected chi connectivity index (χ4v) is 3.93. The van der Waals surface area contributed by atoms with E-state index in [9.17, 15) is 18.0 Å². The largest absolute Gasteiger partial charge is 0.573 e. The molecule has 1 amide bonds. The van der Waals surface area contributed by atoms with Crippen molar-refractivity contribution in [1.29, 1.82) is 0 Å². The number of aromatic amines is 1. The molecular formula is C21H23F3N6O3. The first-order valence-electron chi connectivity index (χ1n) is 10.3. The predicted octanol–water partition coefficient (Wildman–Crippen LogP) is 3.40. The van der Waals surface area contributed by atoms with E-state index >= 15 is 0 Å². The van der Waals surface area contributed by atoms with Crippen molar-refractivity contribution in [2.75, 3.05) is 13.7 Å². The van der Waals surface area contributed by atoms with E-state index in [0.717, 1.165) is 23.5 Å². The second-order valence-corrected chi connectivity index (χ2v) is 7.88. The Labute approximate surface area is 187 Å². The number of ether oxygens (including phenoxy) is 2. The summed E-state index contributed by atoms with van der Waals surface area (Å²) in [5.74, 6) is 0.263. The van der Waals surface area contributed by atoms with Crippen LogP contribution in [0.15, 0.2) is 30.6 Å². The molecule has 176 valence electrons. The van der Waals surface area contributed by atoms with Crippen LogP contribution in [-0.2, 0) is 11.8 Å². The molecule has 33 heavy (non-hydrogen) atoms. The number of H-pyrrole nitrogens is 1. The summed E-state index contributed by atoms with van der Waals surface area (Å²) in [6.07, 6.45) is -2.51. The minimum absolute atomic E-state index is 0.107. The summed E-state index contributed by atoms with van der Waals surface area (Å²) >= 11 is 0. The number of nitrogens with zero attached hydrogens (tertiary/aromatic N) is 5. The highest BCUT2D eigenvalue weighted by Crippen LogP contribution is 2.31. The van der Waals surface area contributed by atoms with E-state index in [2.05, 4.69) is 24.9 Å². The first-order chi connectivity index (χ1) is 15.6. The fourth-order valence-electron chi connectivity index (χ4n) is 3.93. The summed E-state index contributed by atoms with van der Waals surface area (Å²) in [6.45, 7) is 2.27. The molecule has 2 aromatic heterocycles. The quantitative estimate of drug-likeness (QED) is 0.622. The third-order valence-electron chi connectivity index (χ3n) is 5.59. The van der Waals surface area contributed by atoms with Crippen LogP contribution in [0.1, 0.15) is 40.8 Å². The molecule has 1 aromatic carbocycles. The molecule has 0 saturated carbocycles. The number of hydrogen-bond acceptors (Lipinski definition) is 6. The van der Waals surface area contributed by atoms with Gasteiger partial charge in [0.15, 0.2) is 11.6 Å². The van der Waals surface area contributed by atoms with Gasteiger partial charge in [-0.25, -0.2) is 4.98 Å². The molecule has 1 saturated heterocycles. The van der Waals surface area contributed by atoms with Gasteiger partial charge in [-0.2, -0.15) is 0 Å². The van der Waals surface area contributed by atoms with E-state index in [1.807, 2.05) is 18.5 Å². The number of nitrogens with one attached hydrogen (secondary N) is 1. The standard InChI is InChI=1S/C21H23F3N6O3/c1-12-17(29(2)11-25-12)19-26-18(27-28-19)16-10-14(7-8-32-16)30(3)20(31)13-5-4-6-15(9-13)33-21(22,23)24/h4-6,9,11,14,16H,7-8,10H2,1-3H3,(H,26,27,28)/t14-,16+/m1/s1. The molecule has 0 radical (unpaired) electrons. The molecule has 0 unspecified atom stereocenters. The van der Waals surface area contributed by atoms with Crippen molar-refractivity contribution in [3.05, 3.63) is 47.7 Å². The van der Waals surface area contributed by atoms with E-state index in [1.165, 1.54) is 17.0 Å². The van der Waals surface area contributed by atoms with E-state index in [4.69, 9.17) is 4.74 Å². The minimum atomic E-state index is -4.83. The van der Waals surface area contributed by atoms with Gasteiger partial charge in [0.1, 0.15) is 17.5 Å². The van der Waals surface area contributed by atoms with Gasteiger partial charge in [0.05, 0.1) is 12.0 Å². The molecule has 3 aromatic rings. The van der Waals surface area contributed by atoms with Crippen LogP contribution < -0.4 is 4.74 Å². The van der Waals surface area contributed by atoms with Crippen LogP contribution >= 0.6 is 0 Å². The van der Waals surface area contributed by atoms with Gasteiger partial charge in [0.25, 0.3) is 5.91 Å². The second kappa shape index (κ2) is 8.85. The number of alkyl halides is 3. The molecule has 1 aliphatic heterocycles. The fraction of sp³-hybridized carbons (Fsp3) is 0.429. The summed E-state index contributed by atoms with van der Waals surface area (Å²) in [7, 11) is 3.48. The van der Waals surface area contributed by atoms with E-state index in [0.29, 0.717) is 31.1 Å². The van der Waals surface area contributed by atoms with Gasteiger partial charge >= 0.3 is 6.36 Å². The average Bonchev–Trinajstić information content (AvgIpc) is 3.38. The van der Waals surface area contributed by atoms with Gasteiger partial charge in [-0.3, -0.25) is 4.79 Å². The number of imidazole rings is 1. The number of carbonyl (C=O) groups is 1. The lowest BCUT2D eigenvalue weighted by Gasteiger charge is -2.34. The van der Waals surface area contributed by atoms with Crippen LogP contribution in [0.2, 0.25) is 0 Å². The average molecular weight is 464 g/mol. The Morgan fingerprint density at radius 3 is 2.82 bits per heavy atom. The van der Waals surface area contributed by atoms with Crippen LogP contribution in [0.5, 0.6) is 5.75 Å². The lowest BCUT2D eigenvalue weighted by atomic mass is 10.0. The van der Waals surface area contributed by atoms with Crippen molar-refractivity contribution in [1.82, 2.24) is 29.6 Å². The number of carbonyl (C=O) groups excluding carboxylic acids is 1. The summed E-state index contributed by atoms with van der Waals surface area (Å²) < 4.78 is 49.2. The number of aromatic nitrogens is 5. The highest BCUT2D eigenvalue weighted by atomic mass is 19.4. The third kappa shape index (κ3) is 5.00. The number of hydrogen-bond donors (Lipinski definition) is 1. The topological polar surface area (TPSA) is 98.2 Å². The van der Waals surface area contributed by atoms with Crippen LogP contribution in [0.4, 0.5) is 13.2 Å². The Morgan fingerprint density at radius 1 is 1.33 bits per heavy atom. The van der Waals surface area contributed by atoms with Crippen LogP contribution in [0, 0.1) is 6.92 Å². The molecule has 12 heteroatoms. The van der Waals surface area contributed by atoms with E-state index in [-0.39, 0.29) is 11.6 Å². The van der Waals surface area contributed by atoms with Crippen molar-refractivity contribution >= 4 is 5.91 Å². The van der Waals surface area contributed by atoms with Crippen molar-refractivity contribution in [2.24, 2.45) is 7.05 Å². The molecule has 1 N–H and O–H groups in total. The molecule has 1 fully saturated rings. The van der Waals surface area contributed by atoms with Gasteiger partial charge in [-0.1, -0.05) is 6.07 Å². The third-order valence-corrected chi connectivity index (χ3v) is 5.59. The molecule has 0 spiro atoms. The summed E-state index contributed by atoms with van der Waals surface area (Å²) in [5.41, 5.74) is 1.73. The second-order valence-electron chi connectivity index (χ2n) is 7.88. The molecule has 9 nitrogen and oxygen atoms in total. The van der Waals surface area contributed by atoms with E-state index in [1.54, 1.807) is 13.4 Å². The molecule has 2 atom stereocenters. The zero-order valence-electron chi connectivity index (χ0n) is 18.3. The van der Waals surface area contributed by atoms with Crippen LogP contribution in [0.25, 0.3) is 11.5 Å². The Hall–Kier alpha value is -3.41. The molecule has 3 heterocycles. The van der Waals surface area contributed by atoms with Gasteiger partial charge in [0.2, 0.25) is 0 Å². The maximum atomic E-state index is 12.9. The normalized spacial score (nSPS) is 18.8. The smallest absolute Gasteiger partial charge is 0.406 e. The van der Waals surface area contributed by atoms with Crippen LogP contribution in [-0.4, -0.2) is 61.6 Å². The van der Waals surface area contributed by atoms with Gasteiger partial charge < -0.3 is 23.9 Å². The highest BCUT2D eigenvalue weighted by Gasteiger charge is 2.33. The number of aryl methyl sites for hydroxylation is 2. The molecule has 0 bridgehead atoms. The zero-order valence-corrected chi connectivity index (χ0v) is 18.3. The maximum absolute atomic E-state index is 12.9. The Kier molecular flexibility index (Phi) is 6.11. The summed E-state index contributed by atoms with van der Waals surface area (Å²) in [6, 6.07) is 4.85. The molecule has 4 rings (SSSR count). The first-order valence-corrected chi connectivity index (χ1v) is 10.3. The number of halogens is 3. The Balaban J connectivity index is 1.47. The molecule has 0 aliphatic carbocycles. The maximum Gasteiger partial charge on any atom is 0.573 e. The Bertz CT molecular complexity index is 1120. The predicted molar refractivity (Wildman–Crippen MR) is 110 cm³/mol. The van der Waals surface area contributed by atoms with Crippen molar-refractivity contribution in [3.63, 3.8) is 0 Å². The van der Waals surface area contributed by atoms with E-state index < -0.39 is 24.1 Å². The lowest BCUT2D eigenvalue weighted by molar-refractivity contribution is -0.274. The van der Waals surface area contributed by atoms with Crippen molar-refractivity contribution in [2.45, 2.75) is 38.3 Å². The monoisotopic (exact) mass is 464 g/mol. The lowest BCUT2D eigenvalue weighted by Crippen LogP contribution is -2.41. The summed E-state index contributed by atoms with van der Waals surface area (Å²) in [4.78, 5) is 21.9. The van der Waals surface area contributed by atoms with Gasteiger partial charge in [0, 0.05) is 38.7 Å². The minimum Gasteiger partial charge on any atom is -0.406 e. The summed E-state index contributed by atoms with van der Waals surface area (Å²) in [5, 5.41) is 8.44. The highest BCUT2D eigenvalue weighted by molar-refractivity contribution is 5.94. The number of benzene rings is 1. The Morgan fingerprint density at radius 2 is 2.12 bits per heavy atom. The van der Waals surface area contributed by atoms with Gasteiger partial charge in [-0.05, 0) is 31.5 Å². The van der Waals surface area contributed by atoms with Gasteiger partial charge in [-0.15, -0.1) is 23.4 Å².